The number of hydrogen-bond donors (Lipinski definition) is 0. The number of carbonyl (C=O) groups excluding carboxylic acids is 1. The summed E-state index contributed by atoms with van der Waals surface area (Å²) in [6.45, 7) is 6.72. The van der Waals surface area contributed by atoms with E-state index < -0.39 is 16.0 Å². The van der Waals surface area contributed by atoms with Crippen molar-refractivity contribution in [3.8, 4) is 10.7 Å². The summed E-state index contributed by atoms with van der Waals surface area (Å²) in [5.74, 6) is -0.296. The highest BCUT2D eigenvalue weighted by molar-refractivity contribution is 7.91. The minimum Gasteiger partial charge on any atom is -0.316 e. The molecule has 0 spiro atoms. The van der Waals surface area contributed by atoms with Gasteiger partial charge in [0.1, 0.15) is 4.21 Å². The summed E-state index contributed by atoms with van der Waals surface area (Å²) in [7, 11) is -3.59. The molecule has 150 valence electrons. The number of tetrazole rings is 1. The number of aromatic nitrogens is 4. The average Bonchev–Trinajstić information content (AvgIpc) is 3.30. The molecule has 11 heteroatoms. The number of thiophene rings is 1. The van der Waals surface area contributed by atoms with Gasteiger partial charge in [0.2, 0.25) is 5.82 Å². The summed E-state index contributed by atoms with van der Waals surface area (Å²) in [5.41, 5.74) is 0. The molecule has 0 unspecified atom stereocenters. The van der Waals surface area contributed by atoms with Crippen LogP contribution in [0.15, 0.2) is 16.3 Å². The van der Waals surface area contributed by atoms with Crippen LogP contribution in [0.5, 0.6) is 0 Å². The molecule has 0 amide bonds. The first-order valence-corrected chi connectivity index (χ1v) is 11.3. The third kappa shape index (κ3) is 5.33. The van der Waals surface area contributed by atoms with E-state index in [0.29, 0.717) is 18.0 Å². The lowest BCUT2D eigenvalue weighted by atomic mass is 10.3. The standard InChI is InChI=1S/C16H25N5O4S2/c1-4-7-11-20(12-8-5-2)27(23,24)15-10-9-13(26-15)16-17-18-19-21(16)25-14(22)6-3/h9-10H,4-8,11-12H2,1-3H3. The Balaban J connectivity index is 2.27. The van der Waals surface area contributed by atoms with Gasteiger partial charge < -0.3 is 4.84 Å². The summed E-state index contributed by atoms with van der Waals surface area (Å²) in [4.78, 5) is 17.9. The summed E-state index contributed by atoms with van der Waals surface area (Å²) in [5, 5.41) is 11.0. The molecular formula is C16H25N5O4S2. The van der Waals surface area contributed by atoms with E-state index in [1.807, 2.05) is 13.8 Å². The van der Waals surface area contributed by atoms with Crippen molar-refractivity contribution in [3.05, 3.63) is 12.1 Å². The number of hydrogen-bond acceptors (Lipinski definition) is 8. The Morgan fingerprint density at radius 2 is 1.85 bits per heavy atom. The molecule has 2 aromatic rings. The molecule has 2 aromatic heterocycles. The van der Waals surface area contributed by atoms with Gasteiger partial charge in [-0.05, 0) is 40.2 Å². The summed E-state index contributed by atoms with van der Waals surface area (Å²) < 4.78 is 27.8. The number of carbonyl (C=O) groups is 1. The second-order valence-electron chi connectivity index (χ2n) is 5.92. The molecule has 0 fully saturated rings. The first-order chi connectivity index (χ1) is 12.9. The first kappa shape index (κ1) is 21.5. The fraction of sp³-hybridized carbons (Fsp3) is 0.625. The average molecular weight is 416 g/mol. The van der Waals surface area contributed by atoms with Crippen LogP contribution in [0, 0.1) is 0 Å². The normalized spacial score (nSPS) is 11.9. The van der Waals surface area contributed by atoms with E-state index in [9.17, 15) is 13.2 Å². The van der Waals surface area contributed by atoms with E-state index in [4.69, 9.17) is 4.84 Å². The van der Waals surface area contributed by atoms with Crippen LogP contribution >= 0.6 is 11.3 Å². The number of nitrogens with zero attached hydrogens (tertiary/aromatic N) is 5. The van der Waals surface area contributed by atoms with E-state index in [-0.39, 0.29) is 16.5 Å². The minimum atomic E-state index is -3.59. The van der Waals surface area contributed by atoms with Gasteiger partial charge >= 0.3 is 5.97 Å². The maximum Gasteiger partial charge on any atom is 0.334 e. The van der Waals surface area contributed by atoms with Crippen LogP contribution in [-0.2, 0) is 14.8 Å². The lowest BCUT2D eigenvalue weighted by Crippen LogP contribution is -2.32. The van der Waals surface area contributed by atoms with E-state index >= 15 is 0 Å². The third-order valence-electron chi connectivity index (χ3n) is 3.84. The van der Waals surface area contributed by atoms with Gasteiger partial charge in [-0.3, -0.25) is 0 Å². The van der Waals surface area contributed by atoms with Crippen molar-refractivity contribution in [3.63, 3.8) is 0 Å². The molecule has 0 bridgehead atoms. The molecule has 0 N–H and O–H groups in total. The van der Waals surface area contributed by atoms with Crippen LogP contribution in [0.2, 0.25) is 0 Å². The van der Waals surface area contributed by atoms with Gasteiger partial charge in [-0.15, -0.1) is 16.4 Å². The molecule has 0 atom stereocenters. The number of rotatable bonds is 11. The van der Waals surface area contributed by atoms with Gasteiger partial charge in [0.25, 0.3) is 10.0 Å². The number of sulfonamides is 1. The molecule has 2 heterocycles. The van der Waals surface area contributed by atoms with Crippen molar-refractivity contribution in [2.45, 2.75) is 57.1 Å². The van der Waals surface area contributed by atoms with Crippen molar-refractivity contribution < 1.29 is 18.0 Å². The largest absolute Gasteiger partial charge is 0.334 e. The predicted molar refractivity (Wildman–Crippen MR) is 102 cm³/mol. The lowest BCUT2D eigenvalue weighted by molar-refractivity contribution is -0.145. The van der Waals surface area contributed by atoms with Crippen LogP contribution in [-0.4, -0.2) is 52.2 Å². The Morgan fingerprint density at radius 1 is 1.19 bits per heavy atom. The van der Waals surface area contributed by atoms with E-state index in [2.05, 4.69) is 15.5 Å². The highest BCUT2D eigenvalue weighted by atomic mass is 32.2. The second-order valence-corrected chi connectivity index (χ2v) is 9.17. The fourth-order valence-corrected chi connectivity index (χ4v) is 5.21. The highest BCUT2D eigenvalue weighted by Gasteiger charge is 2.26. The smallest absolute Gasteiger partial charge is 0.316 e. The maximum absolute atomic E-state index is 13.0. The zero-order chi connectivity index (χ0) is 19.9. The second kappa shape index (κ2) is 9.90. The van der Waals surface area contributed by atoms with Gasteiger partial charge in [-0.1, -0.05) is 33.6 Å². The topological polar surface area (TPSA) is 107 Å². The summed E-state index contributed by atoms with van der Waals surface area (Å²) in [6.07, 6.45) is 3.64. The molecule has 0 aliphatic carbocycles. The molecular weight excluding hydrogens is 390 g/mol. The molecule has 0 saturated carbocycles. The van der Waals surface area contributed by atoms with Gasteiger partial charge in [0.15, 0.2) is 0 Å². The van der Waals surface area contributed by atoms with Gasteiger partial charge in [-0.25, -0.2) is 13.2 Å². The van der Waals surface area contributed by atoms with Gasteiger partial charge in [-0.2, -0.15) is 4.31 Å². The molecule has 0 saturated heterocycles. The van der Waals surface area contributed by atoms with Crippen LogP contribution in [0.1, 0.15) is 52.9 Å². The predicted octanol–water partition coefficient (Wildman–Crippen LogP) is 2.36. The Labute approximate surface area is 163 Å². The van der Waals surface area contributed by atoms with Crippen LogP contribution < -0.4 is 4.84 Å². The van der Waals surface area contributed by atoms with Gasteiger partial charge in [0, 0.05) is 19.5 Å². The molecule has 0 aromatic carbocycles. The fourth-order valence-electron chi connectivity index (χ4n) is 2.27. The third-order valence-corrected chi connectivity index (χ3v) is 7.28. The molecule has 27 heavy (non-hydrogen) atoms. The molecule has 0 aliphatic heterocycles. The molecule has 9 nitrogen and oxygen atoms in total. The maximum atomic E-state index is 13.0. The quantitative estimate of drug-likeness (QED) is 0.518. The Bertz CT molecular complexity index is 839. The zero-order valence-corrected chi connectivity index (χ0v) is 17.4. The van der Waals surface area contributed by atoms with Crippen molar-refractivity contribution >= 4 is 27.3 Å². The SMILES string of the molecule is CCCCN(CCCC)S(=O)(=O)c1ccc(-c2nnnn2OC(=O)CC)s1. The molecule has 0 radical (unpaired) electrons. The van der Waals surface area contributed by atoms with Crippen molar-refractivity contribution in [1.82, 2.24) is 24.7 Å². The summed E-state index contributed by atoms with van der Waals surface area (Å²) in [6, 6.07) is 3.16. The zero-order valence-electron chi connectivity index (χ0n) is 15.8. The van der Waals surface area contributed by atoms with Crippen molar-refractivity contribution in [2.24, 2.45) is 0 Å². The van der Waals surface area contributed by atoms with Gasteiger partial charge in [0.05, 0.1) is 4.88 Å². The van der Waals surface area contributed by atoms with Crippen molar-refractivity contribution in [1.29, 1.82) is 0 Å². The highest BCUT2D eigenvalue weighted by Crippen LogP contribution is 2.31. The monoisotopic (exact) mass is 415 g/mol. The van der Waals surface area contributed by atoms with Crippen LogP contribution in [0.3, 0.4) is 0 Å². The summed E-state index contributed by atoms with van der Waals surface area (Å²) >= 11 is 1.06. The van der Waals surface area contributed by atoms with Crippen molar-refractivity contribution in [2.75, 3.05) is 13.1 Å². The lowest BCUT2D eigenvalue weighted by Gasteiger charge is -2.20. The van der Waals surface area contributed by atoms with E-state index in [0.717, 1.165) is 41.9 Å². The van der Waals surface area contributed by atoms with E-state index in [1.165, 1.54) is 4.31 Å². The Kier molecular flexibility index (Phi) is 7.87. The number of unbranched alkanes of at least 4 members (excludes halogenated alkanes) is 2. The van der Waals surface area contributed by atoms with Crippen LogP contribution in [0.4, 0.5) is 0 Å². The molecule has 2 rings (SSSR count). The van der Waals surface area contributed by atoms with E-state index in [1.54, 1.807) is 19.1 Å². The Hall–Kier alpha value is -1.85. The van der Waals surface area contributed by atoms with Crippen LogP contribution in [0.25, 0.3) is 10.7 Å². The molecule has 0 aliphatic rings. The minimum absolute atomic E-state index is 0.174. The first-order valence-electron chi connectivity index (χ1n) is 9.03. The Morgan fingerprint density at radius 3 is 2.44 bits per heavy atom.